The average Bonchev–Trinajstić information content (AvgIpc) is 2.50. The molecule has 1 rings (SSSR count). The van der Waals surface area contributed by atoms with Crippen LogP contribution in [-0.4, -0.2) is 62.3 Å². The molecule has 130 valence electrons. The molecule has 1 saturated heterocycles. The van der Waals surface area contributed by atoms with Gasteiger partial charge in [0.05, 0.1) is 12.1 Å². The lowest BCUT2D eigenvalue weighted by Gasteiger charge is -2.35. The van der Waals surface area contributed by atoms with Crippen molar-refractivity contribution in [3.63, 3.8) is 0 Å². The number of nitrogens with one attached hydrogen (secondary N) is 2. The minimum atomic E-state index is -0.225. The number of ether oxygens (including phenoxy) is 1. The second-order valence-corrected chi connectivity index (χ2v) is 7.11. The maximum atomic E-state index is 5.43. The zero-order chi connectivity index (χ0) is 16.6. The SMILES string of the molecule is CCNC(=NCC(C)(C)OC)NCC(C)N1CCC(C)CC1. The Labute approximate surface area is 136 Å². The zero-order valence-corrected chi connectivity index (χ0v) is 15.4. The minimum absolute atomic E-state index is 0.225. The van der Waals surface area contributed by atoms with Crippen molar-refractivity contribution in [2.24, 2.45) is 10.9 Å². The van der Waals surface area contributed by atoms with E-state index in [0.717, 1.165) is 25.0 Å². The Hall–Kier alpha value is -0.810. The van der Waals surface area contributed by atoms with Crippen molar-refractivity contribution in [3.05, 3.63) is 0 Å². The van der Waals surface area contributed by atoms with E-state index in [1.54, 1.807) is 7.11 Å². The van der Waals surface area contributed by atoms with Gasteiger partial charge >= 0.3 is 0 Å². The van der Waals surface area contributed by atoms with Gasteiger partial charge in [-0.15, -0.1) is 0 Å². The highest BCUT2D eigenvalue weighted by atomic mass is 16.5. The molecule has 2 N–H and O–H groups in total. The van der Waals surface area contributed by atoms with Crippen molar-refractivity contribution in [1.29, 1.82) is 0 Å². The smallest absolute Gasteiger partial charge is 0.191 e. The molecule has 0 radical (unpaired) electrons. The van der Waals surface area contributed by atoms with Gasteiger partial charge in [0, 0.05) is 26.2 Å². The van der Waals surface area contributed by atoms with Gasteiger partial charge in [0.15, 0.2) is 5.96 Å². The third kappa shape index (κ3) is 6.97. The van der Waals surface area contributed by atoms with Gasteiger partial charge in [-0.05, 0) is 59.5 Å². The molecule has 0 aromatic heterocycles. The third-order valence-electron chi connectivity index (χ3n) is 4.52. The first kappa shape index (κ1) is 19.2. The van der Waals surface area contributed by atoms with Gasteiger partial charge in [-0.25, -0.2) is 0 Å². The molecule has 5 nitrogen and oxygen atoms in total. The molecule has 0 saturated carbocycles. The molecular weight excluding hydrogens is 276 g/mol. The summed E-state index contributed by atoms with van der Waals surface area (Å²) in [6.45, 7) is 15.7. The number of aliphatic imine (C=N–C) groups is 1. The highest BCUT2D eigenvalue weighted by molar-refractivity contribution is 5.79. The second kappa shape index (κ2) is 9.36. The van der Waals surface area contributed by atoms with Crippen LogP contribution in [0.5, 0.6) is 0 Å². The molecule has 0 aromatic rings. The first-order chi connectivity index (χ1) is 10.4. The zero-order valence-electron chi connectivity index (χ0n) is 15.4. The lowest BCUT2D eigenvalue weighted by atomic mass is 9.98. The van der Waals surface area contributed by atoms with Crippen LogP contribution in [-0.2, 0) is 4.74 Å². The molecular formula is C17H36N4O. The molecule has 0 aliphatic carbocycles. The molecule has 1 atom stereocenters. The highest BCUT2D eigenvalue weighted by Crippen LogP contribution is 2.17. The predicted octanol–water partition coefficient (Wildman–Crippen LogP) is 2.09. The maximum Gasteiger partial charge on any atom is 0.191 e. The number of hydrogen-bond acceptors (Lipinski definition) is 3. The topological polar surface area (TPSA) is 48.9 Å². The van der Waals surface area contributed by atoms with Crippen molar-refractivity contribution >= 4 is 5.96 Å². The van der Waals surface area contributed by atoms with Crippen molar-refractivity contribution < 1.29 is 4.74 Å². The molecule has 22 heavy (non-hydrogen) atoms. The number of guanidine groups is 1. The van der Waals surface area contributed by atoms with Crippen LogP contribution in [0.3, 0.4) is 0 Å². The Balaban J connectivity index is 2.44. The number of piperidine rings is 1. The largest absolute Gasteiger partial charge is 0.377 e. The Morgan fingerprint density at radius 2 is 1.95 bits per heavy atom. The van der Waals surface area contributed by atoms with E-state index in [2.05, 4.69) is 55.1 Å². The summed E-state index contributed by atoms with van der Waals surface area (Å²) in [7, 11) is 1.73. The Morgan fingerprint density at radius 3 is 2.50 bits per heavy atom. The average molecular weight is 313 g/mol. The van der Waals surface area contributed by atoms with E-state index < -0.39 is 0 Å². The molecule has 0 aromatic carbocycles. The van der Waals surface area contributed by atoms with Gasteiger partial charge in [-0.2, -0.15) is 0 Å². The van der Waals surface area contributed by atoms with Crippen LogP contribution in [0.15, 0.2) is 4.99 Å². The van der Waals surface area contributed by atoms with Crippen LogP contribution < -0.4 is 10.6 Å². The first-order valence-corrected chi connectivity index (χ1v) is 8.69. The van der Waals surface area contributed by atoms with Gasteiger partial charge in [-0.3, -0.25) is 9.89 Å². The normalized spacial score (nSPS) is 20.0. The summed E-state index contributed by atoms with van der Waals surface area (Å²) < 4.78 is 5.43. The summed E-state index contributed by atoms with van der Waals surface area (Å²) in [5.74, 6) is 1.76. The lowest BCUT2D eigenvalue weighted by molar-refractivity contribution is 0.0310. The molecule has 0 spiro atoms. The van der Waals surface area contributed by atoms with Gasteiger partial charge < -0.3 is 15.4 Å². The number of methoxy groups -OCH3 is 1. The summed E-state index contributed by atoms with van der Waals surface area (Å²) in [4.78, 5) is 7.22. The molecule has 5 heteroatoms. The molecule has 1 aliphatic rings. The van der Waals surface area contributed by atoms with Crippen LogP contribution in [0.25, 0.3) is 0 Å². The predicted molar refractivity (Wildman–Crippen MR) is 94.5 cm³/mol. The standard InChI is InChI=1S/C17H36N4O/c1-7-18-16(20-13-17(4,5)22-6)19-12-15(3)21-10-8-14(2)9-11-21/h14-15H,7-13H2,1-6H3,(H2,18,19,20). The fourth-order valence-electron chi connectivity index (χ4n) is 2.52. The van der Waals surface area contributed by atoms with E-state index in [9.17, 15) is 0 Å². The van der Waals surface area contributed by atoms with Crippen molar-refractivity contribution in [2.75, 3.05) is 39.8 Å². The Kier molecular flexibility index (Phi) is 8.18. The molecule has 1 heterocycles. The van der Waals surface area contributed by atoms with E-state index in [1.165, 1.54) is 25.9 Å². The van der Waals surface area contributed by atoms with Gasteiger partial charge in [0.25, 0.3) is 0 Å². The molecule has 1 unspecified atom stereocenters. The summed E-state index contributed by atoms with van der Waals surface area (Å²) >= 11 is 0. The van der Waals surface area contributed by atoms with Crippen LogP contribution in [0.4, 0.5) is 0 Å². The van der Waals surface area contributed by atoms with Crippen LogP contribution in [0, 0.1) is 5.92 Å². The second-order valence-electron chi connectivity index (χ2n) is 7.11. The monoisotopic (exact) mass is 312 g/mol. The first-order valence-electron chi connectivity index (χ1n) is 8.69. The maximum absolute atomic E-state index is 5.43. The number of nitrogens with zero attached hydrogens (tertiary/aromatic N) is 2. The highest BCUT2D eigenvalue weighted by Gasteiger charge is 2.20. The molecule has 0 amide bonds. The number of hydrogen-bond donors (Lipinski definition) is 2. The molecule has 1 fully saturated rings. The van der Waals surface area contributed by atoms with Crippen LogP contribution >= 0.6 is 0 Å². The van der Waals surface area contributed by atoms with Crippen LogP contribution in [0.2, 0.25) is 0 Å². The van der Waals surface area contributed by atoms with E-state index in [1.807, 2.05) is 0 Å². The van der Waals surface area contributed by atoms with E-state index >= 15 is 0 Å². The van der Waals surface area contributed by atoms with E-state index in [0.29, 0.717) is 12.6 Å². The minimum Gasteiger partial charge on any atom is -0.377 e. The summed E-state index contributed by atoms with van der Waals surface area (Å²) in [5.41, 5.74) is -0.225. The fourth-order valence-corrected chi connectivity index (χ4v) is 2.52. The summed E-state index contributed by atoms with van der Waals surface area (Å²) in [5, 5.41) is 6.78. The van der Waals surface area contributed by atoms with Gasteiger partial charge in [-0.1, -0.05) is 6.92 Å². The number of rotatable bonds is 7. The quantitative estimate of drug-likeness (QED) is 0.558. The van der Waals surface area contributed by atoms with Crippen molar-refractivity contribution in [1.82, 2.24) is 15.5 Å². The fraction of sp³-hybridized carbons (Fsp3) is 0.941. The van der Waals surface area contributed by atoms with Crippen molar-refractivity contribution in [3.8, 4) is 0 Å². The van der Waals surface area contributed by atoms with Gasteiger partial charge in [0.2, 0.25) is 0 Å². The number of likely N-dealkylation sites (tertiary alicyclic amines) is 1. The third-order valence-corrected chi connectivity index (χ3v) is 4.52. The van der Waals surface area contributed by atoms with Crippen molar-refractivity contribution in [2.45, 2.75) is 59.1 Å². The Bertz CT molecular complexity index is 336. The van der Waals surface area contributed by atoms with Gasteiger partial charge in [0.1, 0.15) is 0 Å². The summed E-state index contributed by atoms with van der Waals surface area (Å²) in [6.07, 6.45) is 2.64. The van der Waals surface area contributed by atoms with E-state index in [-0.39, 0.29) is 5.60 Å². The molecule has 0 bridgehead atoms. The Morgan fingerprint density at radius 1 is 1.32 bits per heavy atom. The van der Waals surface area contributed by atoms with Crippen LogP contribution in [0.1, 0.15) is 47.5 Å². The van der Waals surface area contributed by atoms with E-state index in [4.69, 9.17) is 4.74 Å². The summed E-state index contributed by atoms with van der Waals surface area (Å²) in [6, 6.07) is 0.534. The molecule has 1 aliphatic heterocycles. The lowest BCUT2D eigenvalue weighted by Crippen LogP contribution is -2.48.